The molecule has 5 nitrogen and oxygen atoms in total. The summed E-state index contributed by atoms with van der Waals surface area (Å²) in [6.07, 6.45) is 1.69. The van der Waals surface area contributed by atoms with Gasteiger partial charge in [-0.1, -0.05) is 40.2 Å². The molecule has 27 heavy (non-hydrogen) atoms. The van der Waals surface area contributed by atoms with Crippen LogP contribution in [0.2, 0.25) is 0 Å². The van der Waals surface area contributed by atoms with Gasteiger partial charge in [0.25, 0.3) is 0 Å². The summed E-state index contributed by atoms with van der Waals surface area (Å²) < 4.78 is 7.61. The molecule has 0 saturated heterocycles. The lowest BCUT2D eigenvalue weighted by Gasteiger charge is -2.05. The largest absolute Gasteiger partial charge is 0.462 e. The van der Waals surface area contributed by atoms with Crippen LogP contribution in [0.1, 0.15) is 33.3 Å². The van der Waals surface area contributed by atoms with Crippen molar-refractivity contribution < 1.29 is 14.3 Å². The number of halogens is 1. The van der Waals surface area contributed by atoms with Crippen molar-refractivity contribution in [3.63, 3.8) is 0 Å². The Kier molecular flexibility index (Phi) is 4.49. The number of hydrogen-bond donors (Lipinski definition) is 0. The maximum absolute atomic E-state index is 13.1. The van der Waals surface area contributed by atoms with Gasteiger partial charge < -0.3 is 4.74 Å². The number of ketones is 1. The summed E-state index contributed by atoms with van der Waals surface area (Å²) >= 11 is 3.37. The quantitative estimate of drug-likeness (QED) is 0.354. The summed E-state index contributed by atoms with van der Waals surface area (Å²) in [5.41, 5.74) is 1.75. The number of benzene rings is 2. The number of rotatable bonds is 4. The highest BCUT2D eigenvalue weighted by atomic mass is 79.9. The molecule has 0 aliphatic carbocycles. The second-order valence-electron chi connectivity index (χ2n) is 5.99. The van der Waals surface area contributed by atoms with Crippen molar-refractivity contribution in [1.29, 1.82) is 0 Å². The highest BCUT2D eigenvalue weighted by Crippen LogP contribution is 2.27. The van der Waals surface area contributed by atoms with Gasteiger partial charge in [-0.15, -0.1) is 0 Å². The molecular formula is C21H15BrN2O3. The Balaban J connectivity index is 1.98. The molecule has 0 N–H and O–H groups in total. The molecule has 0 aliphatic rings. The van der Waals surface area contributed by atoms with E-state index < -0.39 is 5.97 Å². The lowest BCUT2D eigenvalue weighted by Crippen LogP contribution is -2.07. The van der Waals surface area contributed by atoms with E-state index in [9.17, 15) is 9.59 Å². The third-order valence-electron chi connectivity index (χ3n) is 4.34. The van der Waals surface area contributed by atoms with Gasteiger partial charge in [0.1, 0.15) is 5.69 Å². The van der Waals surface area contributed by atoms with Crippen LogP contribution in [0.25, 0.3) is 16.3 Å². The van der Waals surface area contributed by atoms with E-state index in [0.29, 0.717) is 22.3 Å². The highest BCUT2D eigenvalue weighted by Gasteiger charge is 2.23. The molecule has 6 heteroatoms. The van der Waals surface area contributed by atoms with Gasteiger partial charge >= 0.3 is 5.97 Å². The summed E-state index contributed by atoms with van der Waals surface area (Å²) in [7, 11) is 0. The number of aromatic nitrogens is 2. The van der Waals surface area contributed by atoms with Gasteiger partial charge in [0, 0.05) is 20.8 Å². The predicted octanol–water partition coefficient (Wildman–Crippen LogP) is 4.66. The first-order chi connectivity index (χ1) is 13.1. The molecule has 0 spiro atoms. The van der Waals surface area contributed by atoms with Gasteiger partial charge in [-0.25, -0.2) is 9.31 Å². The van der Waals surface area contributed by atoms with E-state index in [2.05, 4.69) is 21.0 Å². The van der Waals surface area contributed by atoms with E-state index in [1.165, 1.54) is 4.52 Å². The van der Waals surface area contributed by atoms with Crippen molar-refractivity contribution in [2.75, 3.05) is 6.61 Å². The number of fused-ring (bicyclic) bond motifs is 3. The molecule has 0 bridgehead atoms. The third kappa shape index (κ3) is 3.02. The number of esters is 1. The molecule has 4 rings (SSSR count). The molecule has 2 aromatic carbocycles. The van der Waals surface area contributed by atoms with Crippen LogP contribution < -0.4 is 0 Å². The van der Waals surface area contributed by atoms with Crippen LogP contribution in [0.3, 0.4) is 0 Å². The minimum Gasteiger partial charge on any atom is -0.462 e. The van der Waals surface area contributed by atoms with Gasteiger partial charge in [0.15, 0.2) is 0 Å². The van der Waals surface area contributed by atoms with Gasteiger partial charge in [0.05, 0.1) is 23.9 Å². The molecule has 0 amide bonds. The van der Waals surface area contributed by atoms with Crippen LogP contribution in [0.5, 0.6) is 0 Å². The first-order valence-electron chi connectivity index (χ1n) is 8.47. The van der Waals surface area contributed by atoms with E-state index in [-0.39, 0.29) is 12.4 Å². The standard InChI is InChI=1S/C21H15BrN2O3/c1-2-27-21(26)17-11-18(20(25)13-7-9-15(22)10-8-13)24-19(17)16-6-4-3-5-14(16)12-23-24/h3-12H,2H2,1H3. The minimum atomic E-state index is -0.469. The fourth-order valence-electron chi connectivity index (χ4n) is 3.10. The average molecular weight is 423 g/mol. The Bertz CT molecular complexity index is 1180. The minimum absolute atomic E-state index is 0.212. The lowest BCUT2D eigenvalue weighted by atomic mass is 10.1. The number of carbonyl (C=O) groups is 2. The number of nitrogens with zero attached hydrogens (tertiary/aromatic N) is 2. The Morgan fingerprint density at radius 1 is 1.11 bits per heavy atom. The SMILES string of the molecule is CCOC(=O)c1cc(C(=O)c2ccc(Br)cc2)n2ncc3ccccc3c12. The van der Waals surface area contributed by atoms with Crippen molar-refractivity contribution in [3.05, 3.63) is 82.1 Å². The maximum Gasteiger partial charge on any atom is 0.340 e. The molecular weight excluding hydrogens is 408 g/mol. The van der Waals surface area contributed by atoms with Crippen LogP contribution in [0.4, 0.5) is 0 Å². The van der Waals surface area contributed by atoms with E-state index in [0.717, 1.165) is 15.2 Å². The summed E-state index contributed by atoms with van der Waals surface area (Å²) in [6, 6.07) is 16.3. The Hall–Kier alpha value is -2.99. The monoisotopic (exact) mass is 422 g/mol. The van der Waals surface area contributed by atoms with Crippen molar-refractivity contribution >= 4 is 44.0 Å². The predicted molar refractivity (Wildman–Crippen MR) is 106 cm³/mol. The Morgan fingerprint density at radius 2 is 1.85 bits per heavy atom. The van der Waals surface area contributed by atoms with Crippen LogP contribution in [-0.2, 0) is 4.74 Å². The van der Waals surface area contributed by atoms with Crippen molar-refractivity contribution in [2.24, 2.45) is 0 Å². The second-order valence-corrected chi connectivity index (χ2v) is 6.91. The van der Waals surface area contributed by atoms with E-state index in [1.54, 1.807) is 43.5 Å². The van der Waals surface area contributed by atoms with Crippen LogP contribution in [0, 0.1) is 0 Å². The smallest absolute Gasteiger partial charge is 0.340 e. The van der Waals surface area contributed by atoms with Crippen LogP contribution in [0.15, 0.2) is 65.3 Å². The molecule has 0 aliphatic heterocycles. The number of ether oxygens (including phenoxy) is 1. The lowest BCUT2D eigenvalue weighted by molar-refractivity contribution is 0.0529. The molecule has 0 atom stereocenters. The fraction of sp³-hybridized carbons (Fsp3) is 0.0952. The van der Waals surface area contributed by atoms with Gasteiger partial charge in [-0.2, -0.15) is 5.10 Å². The van der Waals surface area contributed by atoms with Gasteiger partial charge in [-0.05, 0) is 37.3 Å². The Morgan fingerprint density at radius 3 is 2.59 bits per heavy atom. The topological polar surface area (TPSA) is 60.7 Å². The molecule has 134 valence electrons. The van der Waals surface area contributed by atoms with Gasteiger partial charge in [0.2, 0.25) is 5.78 Å². The second kappa shape index (κ2) is 6.96. The zero-order valence-electron chi connectivity index (χ0n) is 14.5. The number of carbonyl (C=O) groups excluding carboxylic acids is 2. The summed E-state index contributed by atoms with van der Waals surface area (Å²) in [5, 5.41) is 6.14. The highest BCUT2D eigenvalue weighted by molar-refractivity contribution is 9.10. The Labute approximate surface area is 163 Å². The first-order valence-corrected chi connectivity index (χ1v) is 9.26. The van der Waals surface area contributed by atoms with Crippen molar-refractivity contribution in [1.82, 2.24) is 9.61 Å². The fourth-order valence-corrected chi connectivity index (χ4v) is 3.36. The van der Waals surface area contributed by atoms with Crippen LogP contribution >= 0.6 is 15.9 Å². The summed E-state index contributed by atoms with van der Waals surface area (Å²) in [4.78, 5) is 25.6. The number of hydrogen-bond acceptors (Lipinski definition) is 4. The molecule has 0 unspecified atom stereocenters. The molecule has 0 saturated carbocycles. The zero-order valence-corrected chi connectivity index (χ0v) is 16.1. The van der Waals surface area contributed by atoms with E-state index >= 15 is 0 Å². The molecule has 4 aromatic rings. The maximum atomic E-state index is 13.1. The van der Waals surface area contributed by atoms with Crippen molar-refractivity contribution in [3.8, 4) is 0 Å². The van der Waals surface area contributed by atoms with Gasteiger partial charge in [-0.3, -0.25) is 4.79 Å². The van der Waals surface area contributed by atoms with Crippen molar-refractivity contribution in [2.45, 2.75) is 6.92 Å². The third-order valence-corrected chi connectivity index (χ3v) is 4.87. The molecule has 2 heterocycles. The van der Waals surface area contributed by atoms with E-state index in [4.69, 9.17) is 4.74 Å². The first kappa shape index (κ1) is 17.4. The van der Waals surface area contributed by atoms with E-state index in [1.807, 2.05) is 24.3 Å². The summed E-state index contributed by atoms with van der Waals surface area (Å²) in [6.45, 7) is 2.00. The normalized spacial score (nSPS) is 11.0. The molecule has 2 aromatic heterocycles. The molecule has 0 radical (unpaired) electrons. The zero-order chi connectivity index (χ0) is 19.0. The van der Waals surface area contributed by atoms with Crippen LogP contribution in [-0.4, -0.2) is 28.0 Å². The average Bonchev–Trinajstić information content (AvgIpc) is 3.08. The molecule has 0 fully saturated rings. The summed E-state index contributed by atoms with van der Waals surface area (Å²) in [5.74, 6) is -0.682.